The Morgan fingerprint density at radius 2 is 1.52 bits per heavy atom. The van der Waals surface area contributed by atoms with Crippen LogP contribution in [0.15, 0.2) is 12.1 Å². The molecular weight excluding hydrogens is 290 g/mol. The second-order valence-corrected chi connectivity index (χ2v) is 4.35. The first-order chi connectivity index (χ1) is 9.79. The molecule has 0 atom stereocenters. The number of hydrogen-bond acceptors (Lipinski definition) is 1. The van der Waals surface area contributed by atoms with Crippen LogP contribution in [0.5, 0.6) is 5.75 Å². The van der Waals surface area contributed by atoms with Gasteiger partial charge in [0.05, 0.1) is 12.7 Å². The van der Waals surface area contributed by atoms with E-state index in [0.717, 1.165) is 13.2 Å². The van der Waals surface area contributed by atoms with E-state index >= 15 is 0 Å². The Labute approximate surface area is 118 Å². The van der Waals surface area contributed by atoms with Crippen molar-refractivity contribution >= 4 is 13.3 Å². The zero-order valence-electron chi connectivity index (χ0n) is 11.0. The lowest BCUT2D eigenvalue weighted by Gasteiger charge is -2.15. The number of ether oxygens (including phenoxy) is 1. The maximum absolute atomic E-state index is 14.0. The van der Waals surface area contributed by atoms with Crippen molar-refractivity contribution in [3.8, 4) is 16.9 Å². The second-order valence-electron chi connectivity index (χ2n) is 4.35. The molecule has 2 radical (unpaired) electrons. The summed E-state index contributed by atoms with van der Waals surface area (Å²) in [7, 11) is 6.07. The Hall–Kier alpha value is -2.05. The molecule has 0 aromatic heterocycles. The first-order valence-electron chi connectivity index (χ1n) is 5.75. The van der Waals surface area contributed by atoms with Crippen molar-refractivity contribution in [2.45, 2.75) is 6.92 Å². The largest absolute Gasteiger partial charge is 0.493 e. The highest BCUT2D eigenvalue weighted by molar-refractivity contribution is 6.33. The lowest BCUT2D eigenvalue weighted by Crippen LogP contribution is -2.19. The third-order valence-corrected chi connectivity index (χ3v) is 3.03. The van der Waals surface area contributed by atoms with E-state index in [0.29, 0.717) is 6.07 Å². The summed E-state index contributed by atoms with van der Waals surface area (Å²) in [6, 6.07) is 1.43. The minimum atomic E-state index is -1.66. The predicted molar refractivity (Wildman–Crippen MR) is 68.3 cm³/mol. The molecule has 0 aliphatic heterocycles. The van der Waals surface area contributed by atoms with E-state index in [1.54, 1.807) is 0 Å². The van der Waals surface area contributed by atoms with Gasteiger partial charge in [0.15, 0.2) is 23.2 Å². The Balaban J connectivity index is 2.90. The summed E-state index contributed by atoms with van der Waals surface area (Å²) in [5, 5.41) is 0. The summed E-state index contributed by atoms with van der Waals surface area (Å²) >= 11 is 0. The molecule has 0 aliphatic rings. The van der Waals surface area contributed by atoms with Gasteiger partial charge < -0.3 is 4.74 Å². The van der Waals surface area contributed by atoms with Gasteiger partial charge >= 0.3 is 0 Å². The maximum atomic E-state index is 14.0. The second kappa shape index (κ2) is 5.39. The number of benzene rings is 2. The number of hydrogen-bond donors (Lipinski definition) is 0. The van der Waals surface area contributed by atoms with Gasteiger partial charge in [0.1, 0.15) is 19.5 Å². The van der Waals surface area contributed by atoms with Gasteiger partial charge in [-0.15, -0.1) is 0 Å². The van der Waals surface area contributed by atoms with Crippen LogP contribution in [0.1, 0.15) is 5.56 Å². The lowest BCUT2D eigenvalue weighted by atomic mass is 9.90. The molecule has 0 saturated heterocycles. The molecule has 2 aromatic carbocycles. The van der Waals surface area contributed by atoms with Crippen LogP contribution in [0.25, 0.3) is 11.1 Å². The SMILES string of the molecule is [B]c1c(F)c(F)c(-c2cc(C)c(F)cc2F)c(OC)c1F. The summed E-state index contributed by atoms with van der Waals surface area (Å²) in [6.07, 6.45) is 0. The summed E-state index contributed by atoms with van der Waals surface area (Å²) < 4.78 is 73.2. The fraction of sp³-hybridized carbons (Fsp3) is 0.143. The highest BCUT2D eigenvalue weighted by Gasteiger charge is 2.26. The molecule has 2 rings (SSSR count). The Morgan fingerprint density at radius 1 is 0.905 bits per heavy atom. The molecule has 0 fully saturated rings. The van der Waals surface area contributed by atoms with Gasteiger partial charge in [0.2, 0.25) is 0 Å². The predicted octanol–water partition coefficient (Wildman–Crippen LogP) is 3.16. The molecular formula is C14H8BF5O. The zero-order valence-corrected chi connectivity index (χ0v) is 11.0. The van der Waals surface area contributed by atoms with Gasteiger partial charge in [-0.05, 0) is 24.0 Å². The van der Waals surface area contributed by atoms with Crippen LogP contribution in [-0.4, -0.2) is 15.0 Å². The van der Waals surface area contributed by atoms with Gasteiger partial charge in [0.25, 0.3) is 0 Å². The summed E-state index contributed by atoms with van der Waals surface area (Å²) in [4.78, 5) is 0. The maximum Gasteiger partial charge on any atom is 0.170 e. The summed E-state index contributed by atoms with van der Waals surface area (Å²) in [6.45, 7) is 1.30. The van der Waals surface area contributed by atoms with Crippen LogP contribution >= 0.6 is 0 Å². The molecule has 0 aliphatic carbocycles. The van der Waals surface area contributed by atoms with Crippen LogP contribution in [0, 0.1) is 36.0 Å². The highest BCUT2D eigenvalue weighted by atomic mass is 19.2. The molecule has 0 N–H and O–H groups in total. The molecule has 2 aromatic rings. The van der Waals surface area contributed by atoms with Crippen LogP contribution in [0.4, 0.5) is 22.0 Å². The summed E-state index contributed by atoms with van der Waals surface area (Å²) in [5.41, 5.74) is -2.42. The number of halogens is 5. The van der Waals surface area contributed by atoms with Crippen LogP contribution in [-0.2, 0) is 0 Å². The van der Waals surface area contributed by atoms with Crippen molar-refractivity contribution in [3.05, 3.63) is 46.8 Å². The van der Waals surface area contributed by atoms with Crippen molar-refractivity contribution in [1.29, 1.82) is 0 Å². The number of methoxy groups -OCH3 is 1. The van der Waals surface area contributed by atoms with E-state index in [1.165, 1.54) is 6.92 Å². The molecule has 108 valence electrons. The quantitative estimate of drug-likeness (QED) is 0.470. The monoisotopic (exact) mass is 298 g/mol. The molecule has 21 heavy (non-hydrogen) atoms. The van der Waals surface area contributed by atoms with Crippen molar-refractivity contribution in [2.75, 3.05) is 7.11 Å². The first-order valence-corrected chi connectivity index (χ1v) is 5.75. The lowest BCUT2D eigenvalue weighted by molar-refractivity contribution is 0.381. The van der Waals surface area contributed by atoms with Gasteiger partial charge in [-0.3, -0.25) is 0 Å². The third kappa shape index (κ3) is 2.37. The van der Waals surface area contributed by atoms with E-state index in [-0.39, 0.29) is 5.56 Å². The Bertz CT molecular complexity index is 730. The fourth-order valence-corrected chi connectivity index (χ4v) is 1.94. The fourth-order valence-electron chi connectivity index (χ4n) is 1.94. The Kier molecular flexibility index (Phi) is 3.94. The molecule has 0 bridgehead atoms. The molecule has 0 amide bonds. The van der Waals surface area contributed by atoms with E-state index < -0.39 is 51.4 Å². The molecule has 1 nitrogen and oxygen atoms in total. The van der Waals surface area contributed by atoms with Crippen molar-refractivity contribution in [3.63, 3.8) is 0 Å². The molecule has 0 unspecified atom stereocenters. The normalized spacial score (nSPS) is 10.8. The highest BCUT2D eigenvalue weighted by Crippen LogP contribution is 2.37. The van der Waals surface area contributed by atoms with E-state index in [9.17, 15) is 22.0 Å². The smallest absolute Gasteiger partial charge is 0.170 e. The Morgan fingerprint density at radius 3 is 2.10 bits per heavy atom. The van der Waals surface area contributed by atoms with Gasteiger partial charge in [-0.1, -0.05) is 0 Å². The molecule has 0 saturated carbocycles. The first kappa shape index (κ1) is 15.3. The van der Waals surface area contributed by atoms with Crippen molar-refractivity contribution in [2.24, 2.45) is 0 Å². The number of aryl methyl sites for hydroxylation is 1. The van der Waals surface area contributed by atoms with E-state index in [1.807, 2.05) is 0 Å². The van der Waals surface area contributed by atoms with Gasteiger partial charge in [0, 0.05) is 11.6 Å². The van der Waals surface area contributed by atoms with Gasteiger partial charge in [-0.25, -0.2) is 22.0 Å². The minimum Gasteiger partial charge on any atom is -0.493 e. The summed E-state index contributed by atoms with van der Waals surface area (Å²) in [5.74, 6) is -7.39. The van der Waals surface area contributed by atoms with Gasteiger partial charge in [-0.2, -0.15) is 0 Å². The molecule has 7 heteroatoms. The zero-order chi connectivity index (χ0) is 15.9. The average molecular weight is 298 g/mol. The molecule has 0 spiro atoms. The van der Waals surface area contributed by atoms with E-state index in [4.69, 9.17) is 7.85 Å². The van der Waals surface area contributed by atoms with Crippen LogP contribution in [0.2, 0.25) is 0 Å². The standard InChI is InChI=1S/C14H8BF5O/c1-5-3-6(8(17)4-7(5)16)9-11(18)12(19)10(15)13(20)14(9)21-2/h3-4H,1-2H3. The van der Waals surface area contributed by atoms with Crippen molar-refractivity contribution < 1.29 is 26.7 Å². The minimum absolute atomic E-state index is 0.0227. The van der Waals surface area contributed by atoms with E-state index in [2.05, 4.69) is 4.74 Å². The van der Waals surface area contributed by atoms with Crippen LogP contribution in [0.3, 0.4) is 0 Å². The average Bonchev–Trinajstić information content (AvgIpc) is 2.44. The molecule has 0 heterocycles. The van der Waals surface area contributed by atoms with Crippen LogP contribution < -0.4 is 10.2 Å². The topological polar surface area (TPSA) is 9.23 Å². The third-order valence-electron chi connectivity index (χ3n) is 3.03. The van der Waals surface area contributed by atoms with Crippen molar-refractivity contribution in [1.82, 2.24) is 0 Å². The number of rotatable bonds is 2.